The fourth-order valence-electron chi connectivity index (χ4n) is 13.8. The lowest BCUT2D eigenvalue weighted by atomic mass is 9.42. The zero-order chi connectivity index (χ0) is 47.4. The molecule has 7 fully saturated rings. The SMILES string of the molecule is CCC(C)C(=O)O[C@@H](C)[C@]1(O)CC[C@]2(O)[C@@H]3CC[C@H]4C[C@@H](O[C@H]5C[C@H](OC)[C@H](O[C@H]6C[C@H](OC)[C@H](O[C@H]7C[C@@H](OC)[C@H](O)[C@@H](C)O7)[C@@H](C)O6)[C@@H](C)O5)CC[C@]4(C)[C@H]3C[C@@H](OC(C)=O)[C@]12C. The maximum Gasteiger partial charge on any atom is 0.309 e. The number of carbonyl (C=O) groups excluding carboxylic acids is 2. The average molecular weight is 927 g/mol. The minimum Gasteiger partial charge on any atom is -0.462 e. The van der Waals surface area contributed by atoms with E-state index in [2.05, 4.69) is 6.92 Å². The molecule has 0 amide bonds. The van der Waals surface area contributed by atoms with Crippen LogP contribution in [-0.4, -0.2) is 152 Å². The molecular formula is C49H82O16. The first-order valence-corrected chi connectivity index (χ1v) is 24.7. The van der Waals surface area contributed by atoms with Crippen molar-refractivity contribution in [1.29, 1.82) is 0 Å². The number of aliphatic hydroxyl groups is 3. The van der Waals surface area contributed by atoms with Gasteiger partial charge in [-0.2, -0.15) is 0 Å². The highest BCUT2D eigenvalue weighted by atomic mass is 16.7. The van der Waals surface area contributed by atoms with Crippen LogP contribution in [0.2, 0.25) is 0 Å². The van der Waals surface area contributed by atoms with Gasteiger partial charge in [-0.1, -0.05) is 27.7 Å². The zero-order valence-electron chi connectivity index (χ0n) is 41.1. The van der Waals surface area contributed by atoms with Crippen LogP contribution in [0.1, 0.15) is 139 Å². The Bertz CT molecular complexity index is 1640. The third-order valence-corrected chi connectivity index (χ3v) is 18.1. The Balaban J connectivity index is 0.969. The zero-order valence-corrected chi connectivity index (χ0v) is 41.1. The predicted octanol–water partition coefficient (Wildman–Crippen LogP) is 5.36. The first-order chi connectivity index (χ1) is 30.7. The van der Waals surface area contributed by atoms with Gasteiger partial charge in [-0.05, 0) is 109 Å². The quantitative estimate of drug-likeness (QED) is 0.149. The number of fused-ring (bicyclic) bond motifs is 5. The molecule has 3 saturated heterocycles. The topological polar surface area (TPSA) is 196 Å². The second-order valence-corrected chi connectivity index (χ2v) is 21.3. The molecule has 0 spiro atoms. The van der Waals surface area contributed by atoms with Crippen molar-refractivity contribution in [3.63, 3.8) is 0 Å². The van der Waals surface area contributed by atoms with Crippen LogP contribution in [0, 0.1) is 34.5 Å². The number of hydrogen-bond acceptors (Lipinski definition) is 16. The molecule has 23 atom stereocenters. The van der Waals surface area contributed by atoms with E-state index in [1.807, 2.05) is 27.7 Å². The minimum atomic E-state index is -1.60. The lowest BCUT2D eigenvalue weighted by Gasteiger charge is -2.66. The first-order valence-electron chi connectivity index (χ1n) is 24.7. The van der Waals surface area contributed by atoms with E-state index in [9.17, 15) is 24.9 Å². The molecule has 3 heterocycles. The van der Waals surface area contributed by atoms with Crippen molar-refractivity contribution >= 4 is 11.9 Å². The Morgan fingerprint density at radius 2 is 1.26 bits per heavy atom. The molecule has 3 aliphatic heterocycles. The fraction of sp³-hybridized carbons (Fsp3) is 0.959. The summed E-state index contributed by atoms with van der Waals surface area (Å²) >= 11 is 0. The van der Waals surface area contributed by atoms with Crippen LogP contribution in [0.4, 0.5) is 0 Å². The summed E-state index contributed by atoms with van der Waals surface area (Å²) in [5.41, 5.74) is -4.36. The highest BCUT2D eigenvalue weighted by Gasteiger charge is 2.77. The van der Waals surface area contributed by atoms with Gasteiger partial charge in [-0.25, -0.2) is 0 Å². The van der Waals surface area contributed by atoms with E-state index >= 15 is 0 Å². The van der Waals surface area contributed by atoms with Crippen molar-refractivity contribution in [1.82, 2.24) is 0 Å². The van der Waals surface area contributed by atoms with E-state index < -0.39 is 84.2 Å². The molecule has 16 heteroatoms. The van der Waals surface area contributed by atoms with Crippen molar-refractivity contribution in [2.45, 2.75) is 243 Å². The maximum atomic E-state index is 13.0. The number of carbonyl (C=O) groups is 2. The molecule has 7 rings (SSSR count). The molecule has 16 nitrogen and oxygen atoms in total. The molecule has 0 aromatic rings. The summed E-state index contributed by atoms with van der Waals surface area (Å²) in [5, 5.41) is 36.1. The second kappa shape index (κ2) is 20.1. The third kappa shape index (κ3) is 9.33. The first kappa shape index (κ1) is 51.3. The largest absolute Gasteiger partial charge is 0.462 e. The normalized spacial score (nSPS) is 49.7. The van der Waals surface area contributed by atoms with E-state index in [1.165, 1.54) is 6.92 Å². The molecule has 0 bridgehead atoms. The molecule has 4 saturated carbocycles. The van der Waals surface area contributed by atoms with Crippen LogP contribution in [-0.2, 0) is 61.7 Å². The maximum absolute atomic E-state index is 13.0. The van der Waals surface area contributed by atoms with Gasteiger partial charge in [0.15, 0.2) is 18.9 Å². The molecule has 1 unspecified atom stereocenters. The van der Waals surface area contributed by atoms with Gasteiger partial charge < -0.3 is 67.4 Å². The van der Waals surface area contributed by atoms with Crippen LogP contribution < -0.4 is 0 Å². The molecule has 0 radical (unpaired) electrons. The monoisotopic (exact) mass is 927 g/mol. The fourth-order valence-corrected chi connectivity index (χ4v) is 13.8. The minimum absolute atomic E-state index is 0.0391. The summed E-state index contributed by atoms with van der Waals surface area (Å²) in [4.78, 5) is 25.8. The summed E-state index contributed by atoms with van der Waals surface area (Å²) in [6, 6.07) is 0. The standard InChI is InChI=1S/C49H82O16/c1-13-25(2)45(52)61-29(6)48(53)18-19-49(54)33-15-14-31-20-32(16-17-46(31,8)34(33)21-38(47(48,49)9)62-30(7)50)63-39-23-36(56-11)43(27(4)59-39)65-41-24-37(57-12)44(28(5)60-41)64-40-22-35(55-10)42(51)26(3)58-40/h25-29,31-44,51,53-54H,13-24H2,1-12H3/t25?,26-,27-,28-,29+,31+,32+,33-,34+,35-,36+,37+,38-,39+,40+,41+,42-,43-,44-,46+,47-,48-,49+/m1/s1. The van der Waals surface area contributed by atoms with Crippen LogP contribution >= 0.6 is 0 Å². The van der Waals surface area contributed by atoms with Gasteiger partial charge in [-0.15, -0.1) is 0 Å². The van der Waals surface area contributed by atoms with Crippen molar-refractivity contribution in [2.75, 3.05) is 21.3 Å². The van der Waals surface area contributed by atoms with Crippen LogP contribution in [0.3, 0.4) is 0 Å². The predicted molar refractivity (Wildman–Crippen MR) is 234 cm³/mol. The Morgan fingerprint density at radius 3 is 1.82 bits per heavy atom. The summed E-state index contributed by atoms with van der Waals surface area (Å²) in [5.74, 6) is -0.966. The van der Waals surface area contributed by atoms with E-state index in [4.69, 9.17) is 52.1 Å². The van der Waals surface area contributed by atoms with Crippen LogP contribution in [0.5, 0.6) is 0 Å². The summed E-state index contributed by atoms with van der Waals surface area (Å²) in [7, 11) is 4.90. The summed E-state index contributed by atoms with van der Waals surface area (Å²) in [6.07, 6.45) is -0.200. The number of methoxy groups -OCH3 is 3. The highest BCUT2D eigenvalue weighted by Crippen LogP contribution is 2.71. The van der Waals surface area contributed by atoms with E-state index in [1.54, 1.807) is 42.1 Å². The highest BCUT2D eigenvalue weighted by molar-refractivity contribution is 5.72. The molecule has 374 valence electrons. The number of rotatable bonds is 14. The lowest BCUT2D eigenvalue weighted by Crippen LogP contribution is -2.72. The van der Waals surface area contributed by atoms with E-state index in [0.29, 0.717) is 44.4 Å². The van der Waals surface area contributed by atoms with Gasteiger partial charge in [-0.3, -0.25) is 9.59 Å². The average Bonchev–Trinajstić information content (AvgIpc) is 3.49. The molecule has 7 aliphatic rings. The van der Waals surface area contributed by atoms with Crippen molar-refractivity contribution in [3.05, 3.63) is 0 Å². The number of ether oxygens (including phenoxy) is 11. The number of esters is 2. The number of aliphatic hydroxyl groups excluding tert-OH is 1. The second-order valence-electron chi connectivity index (χ2n) is 21.3. The van der Waals surface area contributed by atoms with Gasteiger partial charge in [0.25, 0.3) is 0 Å². The molecular weight excluding hydrogens is 845 g/mol. The van der Waals surface area contributed by atoms with Crippen molar-refractivity contribution in [3.8, 4) is 0 Å². The lowest BCUT2D eigenvalue weighted by molar-refractivity contribution is -0.339. The number of hydrogen-bond donors (Lipinski definition) is 3. The van der Waals surface area contributed by atoms with Crippen LogP contribution in [0.25, 0.3) is 0 Å². The van der Waals surface area contributed by atoms with Crippen LogP contribution in [0.15, 0.2) is 0 Å². The molecule has 3 N–H and O–H groups in total. The summed E-state index contributed by atoms with van der Waals surface area (Å²) in [6.45, 7) is 16.7. The molecule has 0 aromatic heterocycles. The Kier molecular flexibility index (Phi) is 15.8. The smallest absolute Gasteiger partial charge is 0.309 e. The van der Waals surface area contributed by atoms with Gasteiger partial charge >= 0.3 is 11.9 Å². The van der Waals surface area contributed by atoms with Crippen molar-refractivity contribution in [2.24, 2.45) is 34.5 Å². The van der Waals surface area contributed by atoms with Gasteiger partial charge in [0.2, 0.25) is 0 Å². The molecule has 0 aromatic carbocycles. The summed E-state index contributed by atoms with van der Waals surface area (Å²) < 4.78 is 68.2. The Hall–Kier alpha value is -1.54. The van der Waals surface area contributed by atoms with E-state index in [-0.39, 0.29) is 66.1 Å². The van der Waals surface area contributed by atoms with Gasteiger partial charge in [0.1, 0.15) is 36.1 Å². The molecule has 4 aliphatic carbocycles. The molecule has 65 heavy (non-hydrogen) atoms. The van der Waals surface area contributed by atoms with Gasteiger partial charge in [0.05, 0.1) is 59.7 Å². The van der Waals surface area contributed by atoms with Gasteiger partial charge in [0, 0.05) is 47.5 Å². The van der Waals surface area contributed by atoms with Crippen molar-refractivity contribution < 1.29 is 77.0 Å². The van der Waals surface area contributed by atoms with E-state index in [0.717, 1.165) is 32.1 Å². The Morgan fingerprint density at radius 1 is 0.708 bits per heavy atom. The third-order valence-electron chi connectivity index (χ3n) is 18.1. The Labute approximate surface area is 386 Å².